The third-order valence-electron chi connectivity index (χ3n) is 3.86. The van der Waals surface area contributed by atoms with Crippen LogP contribution in [0.5, 0.6) is 0 Å². The van der Waals surface area contributed by atoms with Gasteiger partial charge in [-0.3, -0.25) is 4.79 Å². The topological polar surface area (TPSA) is 41.1 Å². The molecule has 0 atom stereocenters. The molecule has 3 heteroatoms. The molecule has 0 aromatic carbocycles. The molecule has 0 saturated heterocycles. The molecule has 18 heavy (non-hydrogen) atoms. The van der Waals surface area contributed by atoms with Crippen molar-refractivity contribution < 1.29 is 4.79 Å². The van der Waals surface area contributed by atoms with Crippen LogP contribution in [0.3, 0.4) is 0 Å². The molecule has 0 aliphatic heterocycles. The zero-order chi connectivity index (χ0) is 13.4. The Morgan fingerprint density at radius 3 is 2.50 bits per heavy atom. The van der Waals surface area contributed by atoms with E-state index in [0.29, 0.717) is 12.5 Å². The summed E-state index contributed by atoms with van der Waals surface area (Å²) in [5.41, 5.74) is 0. The molecule has 0 radical (unpaired) electrons. The number of nitrogens with one attached hydrogen (secondary N) is 2. The average molecular weight is 254 g/mol. The van der Waals surface area contributed by atoms with Gasteiger partial charge in [0.2, 0.25) is 5.91 Å². The predicted molar refractivity (Wildman–Crippen MR) is 76.5 cm³/mol. The van der Waals surface area contributed by atoms with Crippen molar-refractivity contribution >= 4 is 5.91 Å². The molecule has 1 amide bonds. The van der Waals surface area contributed by atoms with Crippen molar-refractivity contribution in [2.24, 2.45) is 17.8 Å². The van der Waals surface area contributed by atoms with Gasteiger partial charge in [-0.1, -0.05) is 46.5 Å². The van der Waals surface area contributed by atoms with E-state index < -0.39 is 0 Å². The smallest absolute Gasteiger partial charge is 0.233 e. The maximum Gasteiger partial charge on any atom is 0.233 e. The van der Waals surface area contributed by atoms with E-state index in [-0.39, 0.29) is 5.91 Å². The lowest BCUT2D eigenvalue weighted by Crippen LogP contribution is -2.36. The van der Waals surface area contributed by atoms with Gasteiger partial charge in [-0.15, -0.1) is 0 Å². The third-order valence-corrected chi connectivity index (χ3v) is 3.86. The van der Waals surface area contributed by atoms with Gasteiger partial charge in [0.15, 0.2) is 0 Å². The molecule has 1 aliphatic rings. The first-order valence-electron chi connectivity index (χ1n) is 7.55. The second-order valence-corrected chi connectivity index (χ2v) is 6.29. The third kappa shape index (κ3) is 7.00. The van der Waals surface area contributed by atoms with Crippen molar-refractivity contribution in [1.82, 2.24) is 10.6 Å². The van der Waals surface area contributed by atoms with Crippen molar-refractivity contribution in [3.05, 3.63) is 0 Å². The fourth-order valence-electron chi connectivity index (χ4n) is 2.51. The van der Waals surface area contributed by atoms with Crippen molar-refractivity contribution in [3.63, 3.8) is 0 Å². The Bertz CT molecular complexity index is 233. The molecule has 1 saturated carbocycles. The van der Waals surface area contributed by atoms with E-state index in [2.05, 4.69) is 31.4 Å². The molecule has 1 fully saturated rings. The summed E-state index contributed by atoms with van der Waals surface area (Å²) in [5.74, 6) is 2.46. The van der Waals surface area contributed by atoms with Crippen LogP contribution in [-0.2, 0) is 4.79 Å². The highest BCUT2D eigenvalue weighted by Gasteiger charge is 2.17. The zero-order valence-corrected chi connectivity index (χ0v) is 12.3. The van der Waals surface area contributed by atoms with Crippen LogP contribution in [0.4, 0.5) is 0 Å². The van der Waals surface area contributed by atoms with Crippen LogP contribution >= 0.6 is 0 Å². The number of hydrogen-bond acceptors (Lipinski definition) is 2. The highest BCUT2D eigenvalue weighted by molar-refractivity contribution is 5.77. The molecule has 0 aromatic heterocycles. The number of rotatable bonds is 7. The van der Waals surface area contributed by atoms with Gasteiger partial charge in [0.05, 0.1) is 6.54 Å². The van der Waals surface area contributed by atoms with E-state index in [1.165, 1.54) is 32.1 Å². The second-order valence-electron chi connectivity index (χ2n) is 6.29. The van der Waals surface area contributed by atoms with Gasteiger partial charge in [0.1, 0.15) is 0 Å². The van der Waals surface area contributed by atoms with Crippen LogP contribution in [0.2, 0.25) is 0 Å². The summed E-state index contributed by atoms with van der Waals surface area (Å²) >= 11 is 0. The summed E-state index contributed by atoms with van der Waals surface area (Å²) < 4.78 is 0. The summed E-state index contributed by atoms with van der Waals surface area (Å²) in [6, 6.07) is 0. The molecule has 1 rings (SSSR count). The minimum atomic E-state index is 0.126. The Kier molecular flexibility index (Phi) is 7.33. The summed E-state index contributed by atoms with van der Waals surface area (Å²) in [5, 5.41) is 6.18. The number of amides is 1. The molecule has 3 nitrogen and oxygen atoms in total. The average Bonchev–Trinajstić information content (AvgIpc) is 2.34. The fourth-order valence-corrected chi connectivity index (χ4v) is 2.51. The molecule has 0 heterocycles. The highest BCUT2D eigenvalue weighted by atomic mass is 16.1. The second kappa shape index (κ2) is 8.52. The van der Waals surface area contributed by atoms with E-state index in [1.807, 2.05) is 0 Å². The minimum Gasteiger partial charge on any atom is -0.355 e. The molecule has 106 valence electrons. The number of hydrogen-bond donors (Lipinski definition) is 2. The zero-order valence-electron chi connectivity index (χ0n) is 12.3. The van der Waals surface area contributed by atoms with Crippen molar-refractivity contribution in [1.29, 1.82) is 0 Å². The van der Waals surface area contributed by atoms with Gasteiger partial charge in [0, 0.05) is 6.54 Å². The van der Waals surface area contributed by atoms with E-state index >= 15 is 0 Å². The van der Waals surface area contributed by atoms with E-state index in [0.717, 1.165) is 24.9 Å². The van der Waals surface area contributed by atoms with Crippen molar-refractivity contribution in [3.8, 4) is 0 Å². The molecule has 0 bridgehead atoms. The standard InChI is InChI=1S/C15H30N2O/c1-12(2)10-17-15(18)11-16-9-8-14-6-4-13(3)5-7-14/h12-14,16H,4-11H2,1-3H3,(H,17,18). The van der Waals surface area contributed by atoms with Crippen LogP contribution in [-0.4, -0.2) is 25.5 Å². The molecular weight excluding hydrogens is 224 g/mol. The lowest BCUT2D eigenvalue weighted by atomic mass is 9.81. The maximum atomic E-state index is 11.5. The fraction of sp³-hybridized carbons (Fsp3) is 0.933. The molecule has 0 aromatic rings. The summed E-state index contributed by atoms with van der Waals surface area (Å²) in [4.78, 5) is 11.5. The highest BCUT2D eigenvalue weighted by Crippen LogP contribution is 2.29. The molecule has 0 unspecified atom stereocenters. The summed E-state index contributed by atoms with van der Waals surface area (Å²) in [7, 11) is 0. The number of carbonyl (C=O) groups is 1. The lowest BCUT2D eigenvalue weighted by Gasteiger charge is -2.26. The first-order valence-corrected chi connectivity index (χ1v) is 7.55. The first-order chi connectivity index (χ1) is 8.58. The SMILES string of the molecule is CC(C)CNC(=O)CNCCC1CCC(C)CC1. The van der Waals surface area contributed by atoms with Crippen LogP contribution in [0.25, 0.3) is 0 Å². The van der Waals surface area contributed by atoms with Gasteiger partial charge in [-0.2, -0.15) is 0 Å². The van der Waals surface area contributed by atoms with Crippen LogP contribution in [0.1, 0.15) is 52.9 Å². The quantitative estimate of drug-likeness (QED) is 0.686. The lowest BCUT2D eigenvalue weighted by molar-refractivity contribution is -0.120. The Morgan fingerprint density at radius 2 is 1.89 bits per heavy atom. The van der Waals surface area contributed by atoms with Crippen LogP contribution < -0.4 is 10.6 Å². The van der Waals surface area contributed by atoms with Crippen LogP contribution in [0, 0.1) is 17.8 Å². The monoisotopic (exact) mass is 254 g/mol. The van der Waals surface area contributed by atoms with Crippen LogP contribution in [0.15, 0.2) is 0 Å². The largest absolute Gasteiger partial charge is 0.355 e. The van der Waals surface area contributed by atoms with Gasteiger partial charge in [-0.25, -0.2) is 0 Å². The Morgan fingerprint density at radius 1 is 1.22 bits per heavy atom. The van der Waals surface area contributed by atoms with E-state index in [9.17, 15) is 4.79 Å². The minimum absolute atomic E-state index is 0.126. The first kappa shape index (κ1) is 15.5. The van der Waals surface area contributed by atoms with Gasteiger partial charge in [0.25, 0.3) is 0 Å². The Hall–Kier alpha value is -0.570. The van der Waals surface area contributed by atoms with E-state index in [4.69, 9.17) is 0 Å². The van der Waals surface area contributed by atoms with Gasteiger partial charge in [-0.05, 0) is 30.7 Å². The van der Waals surface area contributed by atoms with Crippen molar-refractivity contribution in [2.75, 3.05) is 19.6 Å². The summed E-state index contributed by atoms with van der Waals surface area (Å²) in [6.07, 6.45) is 6.76. The molecule has 2 N–H and O–H groups in total. The Labute approximate surface area is 112 Å². The maximum absolute atomic E-state index is 11.5. The van der Waals surface area contributed by atoms with E-state index in [1.54, 1.807) is 0 Å². The molecule has 1 aliphatic carbocycles. The molecule has 0 spiro atoms. The Balaban J connectivity index is 1.96. The molecular formula is C15H30N2O. The van der Waals surface area contributed by atoms with Gasteiger partial charge < -0.3 is 10.6 Å². The van der Waals surface area contributed by atoms with Crippen molar-refractivity contribution in [2.45, 2.75) is 52.9 Å². The van der Waals surface area contributed by atoms with Gasteiger partial charge >= 0.3 is 0 Å². The number of carbonyl (C=O) groups excluding carboxylic acids is 1. The predicted octanol–water partition coefficient (Wildman–Crippen LogP) is 2.56. The normalized spacial score (nSPS) is 24.2. The summed E-state index contributed by atoms with van der Waals surface area (Å²) in [6.45, 7) is 8.80.